The van der Waals surface area contributed by atoms with Crippen molar-refractivity contribution in [3.05, 3.63) is 28.0 Å². The van der Waals surface area contributed by atoms with Crippen LogP contribution >= 0.6 is 35.0 Å². The molecule has 0 atom stereocenters. The van der Waals surface area contributed by atoms with E-state index in [-0.39, 0.29) is 15.8 Å². The van der Waals surface area contributed by atoms with Crippen molar-refractivity contribution in [2.45, 2.75) is 17.6 Å². The van der Waals surface area contributed by atoms with Gasteiger partial charge < -0.3 is 5.32 Å². The molecule has 1 aliphatic carbocycles. The van der Waals surface area contributed by atoms with E-state index in [1.807, 2.05) is 0 Å². The molecule has 6 heteroatoms. The number of nitrogens with zero attached hydrogens (tertiary/aromatic N) is 1. The smallest absolute Gasteiger partial charge is 0.253 e. The molecule has 0 aromatic carbocycles. The van der Waals surface area contributed by atoms with Gasteiger partial charge in [-0.15, -0.1) is 0 Å². The van der Waals surface area contributed by atoms with E-state index < -0.39 is 0 Å². The van der Waals surface area contributed by atoms with Crippen LogP contribution in [0.5, 0.6) is 0 Å². The zero-order chi connectivity index (χ0) is 12.5. The largest absolute Gasteiger partial charge is 0.351 e. The lowest BCUT2D eigenvalue weighted by atomic mass is 10.2. The van der Waals surface area contributed by atoms with Crippen molar-refractivity contribution in [1.82, 2.24) is 10.3 Å². The van der Waals surface area contributed by atoms with Gasteiger partial charge in [-0.2, -0.15) is 11.8 Å². The SMILES string of the molecule is CSC1(CNC(=O)c2cc(Cl)ncc2Cl)CC1. The molecule has 2 rings (SSSR count). The van der Waals surface area contributed by atoms with Crippen molar-refractivity contribution in [3.63, 3.8) is 0 Å². The predicted molar refractivity (Wildman–Crippen MR) is 72.1 cm³/mol. The minimum atomic E-state index is -0.195. The molecule has 1 aliphatic rings. The summed E-state index contributed by atoms with van der Waals surface area (Å²) in [5.74, 6) is -0.195. The molecule has 17 heavy (non-hydrogen) atoms. The lowest BCUT2D eigenvalue weighted by Crippen LogP contribution is -2.31. The highest BCUT2D eigenvalue weighted by Crippen LogP contribution is 2.46. The zero-order valence-electron chi connectivity index (χ0n) is 9.30. The minimum Gasteiger partial charge on any atom is -0.351 e. The Hall–Kier alpha value is -0.450. The number of aromatic nitrogens is 1. The molecule has 0 spiro atoms. The fourth-order valence-electron chi connectivity index (χ4n) is 1.52. The van der Waals surface area contributed by atoms with Crippen LogP contribution in [-0.2, 0) is 0 Å². The summed E-state index contributed by atoms with van der Waals surface area (Å²) in [6.07, 6.45) is 5.76. The summed E-state index contributed by atoms with van der Waals surface area (Å²) >= 11 is 13.4. The van der Waals surface area contributed by atoms with Gasteiger partial charge in [0.15, 0.2) is 0 Å². The highest BCUT2D eigenvalue weighted by atomic mass is 35.5. The molecule has 1 heterocycles. The van der Waals surface area contributed by atoms with Gasteiger partial charge in [0, 0.05) is 17.5 Å². The van der Waals surface area contributed by atoms with E-state index in [2.05, 4.69) is 16.6 Å². The van der Waals surface area contributed by atoms with Gasteiger partial charge >= 0.3 is 0 Å². The second kappa shape index (κ2) is 5.04. The van der Waals surface area contributed by atoms with E-state index in [0.29, 0.717) is 17.1 Å². The normalized spacial score (nSPS) is 16.6. The van der Waals surface area contributed by atoms with Crippen molar-refractivity contribution in [2.24, 2.45) is 0 Å². The van der Waals surface area contributed by atoms with E-state index in [1.165, 1.54) is 12.3 Å². The standard InChI is InChI=1S/C11H12Cl2N2OS/c1-17-11(2-3-11)6-15-10(16)7-4-9(13)14-5-8(7)12/h4-5H,2-3,6H2,1H3,(H,15,16). The topological polar surface area (TPSA) is 42.0 Å². The van der Waals surface area contributed by atoms with Gasteiger partial charge in [0.05, 0.1) is 10.6 Å². The first kappa shape index (κ1) is 13.0. The second-order valence-corrected chi connectivity index (χ2v) is 6.13. The lowest BCUT2D eigenvalue weighted by molar-refractivity contribution is 0.0953. The Labute approximate surface area is 114 Å². The first-order chi connectivity index (χ1) is 8.06. The summed E-state index contributed by atoms with van der Waals surface area (Å²) in [7, 11) is 0. The highest BCUT2D eigenvalue weighted by Gasteiger charge is 2.42. The van der Waals surface area contributed by atoms with Crippen LogP contribution in [0.15, 0.2) is 12.3 Å². The summed E-state index contributed by atoms with van der Waals surface area (Å²) in [5.41, 5.74) is 0.378. The number of rotatable bonds is 4. The third kappa shape index (κ3) is 3.06. The van der Waals surface area contributed by atoms with Crippen molar-refractivity contribution >= 4 is 40.9 Å². The number of hydrogen-bond acceptors (Lipinski definition) is 3. The number of carbonyl (C=O) groups is 1. The Morgan fingerprint density at radius 2 is 2.29 bits per heavy atom. The number of thioether (sulfide) groups is 1. The summed E-state index contributed by atoms with van der Waals surface area (Å²) in [4.78, 5) is 15.7. The maximum absolute atomic E-state index is 11.9. The Kier molecular flexibility index (Phi) is 3.85. The Balaban J connectivity index is 2.02. The average Bonchev–Trinajstić information content (AvgIpc) is 3.10. The van der Waals surface area contributed by atoms with Crippen molar-refractivity contribution in [2.75, 3.05) is 12.8 Å². The Morgan fingerprint density at radius 1 is 1.59 bits per heavy atom. The van der Waals surface area contributed by atoms with Gasteiger partial charge in [-0.05, 0) is 25.2 Å². The number of hydrogen-bond donors (Lipinski definition) is 1. The minimum absolute atomic E-state index is 0.195. The molecule has 1 aromatic heterocycles. The number of amides is 1. The highest BCUT2D eigenvalue weighted by molar-refractivity contribution is 8.00. The van der Waals surface area contributed by atoms with Crippen LogP contribution in [0.3, 0.4) is 0 Å². The van der Waals surface area contributed by atoms with Gasteiger partial charge in [-0.1, -0.05) is 23.2 Å². The summed E-state index contributed by atoms with van der Waals surface area (Å²) in [6.45, 7) is 0.670. The molecule has 0 saturated heterocycles. The summed E-state index contributed by atoms with van der Waals surface area (Å²) < 4.78 is 0.235. The van der Waals surface area contributed by atoms with Crippen molar-refractivity contribution in [3.8, 4) is 0 Å². The second-order valence-electron chi connectivity index (χ2n) is 4.06. The van der Waals surface area contributed by atoms with Crippen molar-refractivity contribution in [1.29, 1.82) is 0 Å². The molecule has 92 valence electrons. The maximum atomic E-state index is 11.9. The Bertz CT molecular complexity index is 449. The maximum Gasteiger partial charge on any atom is 0.253 e. The molecule has 3 nitrogen and oxygen atoms in total. The Morgan fingerprint density at radius 3 is 2.88 bits per heavy atom. The third-order valence-corrected chi connectivity index (χ3v) is 4.80. The molecule has 0 bridgehead atoms. The number of pyridine rings is 1. The molecule has 1 aromatic rings. The van der Waals surface area contributed by atoms with Crippen molar-refractivity contribution < 1.29 is 4.79 Å². The first-order valence-corrected chi connectivity index (χ1v) is 7.19. The van der Waals surface area contributed by atoms with Gasteiger partial charge in [-0.25, -0.2) is 4.98 Å². The molecule has 1 fully saturated rings. The molecule has 1 amide bonds. The van der Waals surface area contributed by atoms with Crippen LogP contribution in [-0.4, -0.2) is 28.4 Å². The van der Waals surface area contributed by atoms with E-state index in [4.69, 9.17) is 23.2 Å². The fraction of sp³-hybridized carbons (Fsp3) is 0.455. The van der Waals surface area contributed by atoms with Crippen LogP contribution in [0.2, 0.25) is 10.2 Å². The first-order valence-electron chi connectivity index (χ1n) is 5.21. The summed E-state index contributed by atoms with van der Waals surface area (Å²) in [5, 5.41) is 3.48. The van der Waals surface area contributed by atoms with Crippen LogP contribution in [0.25, 0.3) is 0 Å². The fourth-order valence-corrected chi connectivity index (χ4v) is 2.59. The number of nitrogens with one attached hydrogen (secondary N) is 1. The summed E-state index contributed by atoms with van der Waals surface area (Å²) in [6, 6.07) is 1.48. The quantitative estimate of drug-likeness (QED) is 0.867. The third-order valence-electron chi connectivity index (χ3n) is 2.88. The molecule has 1 saturated carbocycles. The van der Waals surface area contributed by atoms with Gasteiger partial charge in [0.1, 0.15) is 5.15 Å². The molecular formula is C11H12Cl2N2OS. The monoisotopic (exact) mass is 290 g/mol. The number of halogens is 2. The van der Waals surface area contributed by atoms with Crippen LogP contribution in [0.4, 0.5) is 0 Å². The molecule has 0 unspecified atom stereocenters. The van der Waals surface area contributed by atoms with Crippen LogP contribution in [0.1, 0.15) is 23.2 Å². The van der Waals surface area contributed by atoms with E-state index in [1.54, 1.807) is 11.8 Å². The lowest BCUT2D eigenvalue weighted by Gasteiger charge is -2.13. The molecular weight excluding hydrogens is 279 g/mol. The van der Waals surface area contributed by atoms with Gasteiger partial charge in [-0.3, -0.25) is 4.79 Å². The van der Waals surface area contributed by atoms with E-state index in [9.17, 15) is 4.79 Å². The van der Waals surface area contributed by atoms with Gasteiger partial charge in [0.2, 0.25) is 0 Å². The molecule has 1 N–H and O–H groups in total. The van der Waals surface area contributed by atoms with Gasteiger partial charge in [0.25, 0.3) is 5.91 Å². The zero-order valence-corrected chi connectivity index (χ0v) is 11.6. The molecule has 0 radical (unpaired) electrons. The number of carbonyl (C=O) groups excluding carboxylic acids is 1. The molecule has 0 aliphatic heterocycles. The van der Waals surface area contributed by atoms with E-state index >= 15 is 0 Å². The van der Waals surface area contributed by atoms with Crippen LogP contribution in [0, 0.1) is 0 Å². The van der Waals surface area contributed by atoms with E-state index in [0.717, 1.165) is 12.8 Å². The van der Waals surface area contributed by atoms with Crippen LogP contribution < -0.4 is 5.32 Å². The predicted octanol–water partition coefficient (Wildman–Crippen LogP) is 3.01. The average molecular weight is 291 g/mol.